The van der Waals surface area contributed by atoms with Crippen LogP contribution in [-0.2, 0) is 0 Å². The second-order valence-electron chi connectivity index (χ2n) is 4.72. The normalized spacial score (nSPS) is 12.6. The molecule has 1 atom stereocenters. The zero-order valence-electron chi connectivity index (χ0n) is 10.8. The van der Waals surface area contributed by atoms with E-state index in [2.05, 4.69) is 15.9 Å². The predicted octanol–water partition coefficient (Wildman–Crippen LogP) is 6.21. The Kier molecular flexibility index (Phi) is 3.96. The fraction of sp³-hybridized carbons (Fsp3) is 0.0588. The van der Waals surface area contributed by atoms with Crippen LogP contribution in [0.3, 0.4) is 0 Å². The Labute approximate surface area is 134 Å². The molecule has 0 aliphatic rings. The van der Waals surface area contributed by atoms with Crippen molar-refractivity contribution in [2.45, 2.75) is 5.38 Å². The van der Waals surface area contributed by atoms with Crippen LogP contribution >= 0.6 is 27.5 Å². The van der Waals surface area contributed by atoms with E-state index in [0.29, 0.717) is 0 Å². The first-order chi connectivity index (χ1) is 10.1. The van der Waals surface area contributed by atoms with Gasteiger partial charge in [-0.2, -0.15) is 0 Å². The first-order valence-electron chi connectivity index (χ1n) is 6.34. The van der Waals surface area contributed by atoms with Crippen LogP contribution < -0.4 is 0 Å². The number of hydrogen-bond donors (Lipinski definition) is 0. The summed E-state index contributed by atoms with van der Waals surface area (Å²) in [5, 5.41) is 1.19. The summed E-state index contributed by atoms with van der Waals surface area (Å²) < 4.78 is 27.9. The molecule has 21 heavy (non-hydrogen) atoms. The molecule has 0 N–H and O–H groups in total. The third-order valence-electron chi connectivity index (χ3n) is 3.41. The van der Waals surface area contributed by atoms with Gasteiger partial charge in [0, 0.05) is 5.56 Å². The summed E-state index contributed by atoms with van der Waals surface area (Å²) >= 11 is 9.39. The maximum absolute atomic E-state index is 14.1. The minimum Gasteiger partial charge on any atom is -0.207 e. The molecule has 3 aromatic rings. The maximum Gasteiger partial charge on any atom is 0.137 e. The summed E-state index contributed by atoms with van der Waals surface area (Å²) in [6.07, 6.45) is 0. The fourth-order valence-corrected chi connectivity index (χ4v) is 3.04. The van der Waals surface area contributed by atoms with Crippen LogP contribution in [0.15, 0.2) is 59.1 Å². The molecule has 0 aromatic heterocycles. The predicted molar refractivity (Wildman–Crippen MR) is 85.7 cm³/mol. The maximum atomic E-state index is 14.1. The molecule has 1 unspecified atom stereocenters. The number of rotatable bonds is 2. The molecule has 0 heterocycles. The topological polar surface area (TPSA) is 0 Å². The van der Waals surface area contributed by atoms with Crippen LogP contribution in [-0.4, -0.2) is 0 Å². The summed E-state index contributed by atoms with van der Waals surface area (Å²) in [6.45, 7) is 0. The lowest BCUT2D eigenvalue weighted by Gasteiger charge is -2.14. The number of alkyl halides is 1. The van der Waals surface area contributed by atoms with Crippen molar-refractivity contribution >= 4 is 38.3 Å². The zero-order chi connectivity index (χ0) is 15.0. The van der Waals surface area contributed by atoms with Crippen LogP contribution in [0.5, 0.6) is 0 Å². The van der Waals surface area contributed by atoms with Gasteiger partial charge >= 0.3 is 0 Å². The lowest BCUT2D eigenvalue weighted by molar-refractivity contribution is 0.582. The van der Waals surface area contributed by atoms with Gasteiger partial charge in [0.15, 0.2) is 0 Å². The molecule has 0 nitrogen and oxygen atoms in total. The molecule has 0 saturated carbocycles. The van der Waals surface area contributed by atoms with E-state index in [1.807, 2.05) is 42.5 Å². The minimum atomic E-state index is -0.751. The third kappa shape index (κ3) is 2.68. The molecule has 0 saturated heterocycles. The van der Waals surface area contributed by atoms with Crippen LogP contribution in [0, 0.1) is 11.6 Å². The lowest BCUT2D eigenvalue weighted by atomic mass is 9.97. The monoisotopic (exact) mass is 366 g/mol. The van der Waals surface area contributed by atoms with Gasteiger partial charge in [0.05, 0.1) is 9.85 Å². The summed E-state index contributed by atoms with van der Waals surface area (Å²) in [5.41, 5.74) is 0.893. The Morgan fingerprint density at radius 2 is 1.57 bits per heavy atom. The molecular weight excluding hydrogens is 358 g/mol. The van der Waals surface area contributed by atoms with E-state index in [1.54, 1.807) is 0 Å². The highest BCUT2D eigenvalue weighted by Crippen LogP contribution is 2.36. The Balaban J connectivity index is 2.17. The molecule has 0 spiro atoms. The van der Waals surface area contributed by atoms with E-state index in [1.165, 1.54) is 0 Å². The van der Waals surface area contributed by atoms with E-state index in [9.17, 15) is 8.78 Å². The molecule has 106 valence electrons. The van der Waals surface area contributed by atoms with Gasteiger partial charge in [-0.1, -0.05) is 42.5 Å². The fourth-order valence-electron chi connectivity index (χ4n) is 2.37. The van der Waals surface area contributed by atoms with Gasteiger partial charge in [-0.3, -0.25) is 0 Å². The molecule has 0 bridgehead atoms. The van der Waals surface area contributed by atoms with Crippen molar-refractivity contribution in [3.63, 3.8) is 0 Å². The van der Waals surface area contributed by atoms with Gasteiger partial charge in [0.1, 0.15) is 11.6 Å². The van der Waals surface area contributed by atoms with Crippen LogP contribution in [0.25, 0.3) is 10.8 Å². The quantitative estimate of drug-likeness (QED) is 0.373. The molecule has 3 aromatic carbocycles. The summed E-state index contributed by atoms with van der Waals surface area (Å²) in [5.74, 6) is -1.06. The van der Waals surface area contributed by atoms with Crippen molar-refractivity contribution in [2.75, 3.05) is 0 Å². The molecule has 0 aliphatic heterocycles. The molecule has 0 aliphatic carbocycles. The minimum absolute atomic E-state index is 0.0885. The highest BCUT2D eigenvalue weighted by atomic mass is 79.9. The summed E-state index contributed by atoms with van der Waals surface area (Å²) in [7, 11) is 0. The number of benzene rings is 3. The Bertz CT molecular complexity index is 812. The number of fused-ring (bicyclic) bond motifs is 1. The second-order valence-corrected chi connectivity index (χ2v) is 6.01. The molecule has 0 radical (unpaired) electrons. The Hall–Kier alpha value is -1.45. The van der Waals surface area contributed by atoms with Crippen molar-refractivity contribution in [1.82, 2.24) is 0 Å². The first-order valence-corrected chi connectivity index (χ1v) is 7.57. The van der Waals surface area contributed by atoms with Crippen LogP contribution in [0.4, 0.5) is 8.78 Å². The highest BCUT2D eigenvalue weighted by Gasteiger charge is 2.19. The van der Waals surface area contributed by atoms with E-state index in [-0.39, 0.29) is 10.0 Å². The van der Waals surface area contributed by atoms with Crippen LogP contribution in [0.1, 0.15) is 16.5 Å². The van der Waals surface area contributed by atoms with E-state index >= 15 is 0 Å². The Morgan fingerprint density at radius 3 is 2.38 bits per heavy atom. The number of hydrogen-bond acceptors (Lipinski definition) is 0. The molecular formula is C17H10BrClF2. The lowest BCUT2D eigenvalue weighted by Crippen LogP contribution is -1.99. The van der Waals surface area contributed by atoms with Gasteiger partial charge in [-0.15, -0.1) is 11.6 Å². The van der Waals surface area contributed by atoms with Gasteiger partial charge in [-0.05, 0) is 44.4 Å². The van der Waals surface area contributed by atoms with Gasteiger partial charge in [0.2, 0.25) is 0 Å². The molecule has 4 heteroatoms. The number of halogens is 4. The van der Waals surface area contributed by atoms with Gasteiger partial charge in [-0.25, -0.2) is 8.78 Å². The molecule has 0 fully saturated rings. The molecule has 3 rings (SSSR count). The Morgan fingerprint density at radius 1 is 0.857 bits per heavy atom. The van der Waals surface area contributed by atoms with Gasteiger partial charge in [0.25, 0.3) is 0 Å². The third-order valence-corrected chi connectivity index (χ3v) is 4.49. The first kappa shape index (κ1) is 14.5. The highest BCUT2D eigenvalue weighted by molar-refractivity contribution is 9.10. The standard InChI is InChI=1S/C17H10BrClF2/c18-14-9-15(20)13(8-16(14)21)17(19)12-7-3-5-10-4-1-2-6-11(10)12/h1-9,17H. The van der Waals surface area contributed by atoms with Crippen molar-refractivity contribution in [3.05, 3.63) is 81.8 Å². The summed E-state index contributed by atoms with van der Waals surface area (Å²) in [4.78, 5) is 0. The van der Waals surface area contributed by atoms with E-state index in [4.69, 9.17) is 11.6 Å². The van der Waals surface area contributed by atoms with Crippen LogP contribution in [0.2, 0.25) is 0 Å². The van der Waals surface area contributed by atoms with E-state index in [0.717, 1.165) is 28.5 Å². The van der Waals surface area contributed by atoms with Crippen molar-refractivity contribution in [1.29, 1.82) is 0 Å². The van der Waals surface area contributed by atoms with Crippen molar-refractivity contribution in [2.24, 2.45) is 0 Å². The summed E-state index contributed by atoms with van der Waals surface area (Å²) in [6, 6.07) is 15.6. The average molecular weight is 368 g/mol. The smallest absolute Gasteiger partial charge is 0.137 e. The SMILES string of the molecule is Fc1cc(C(Cl)c2cccc3ccccc23)c(F)cc1Br. The van der Waals surface area contributed by atoms with Crippen molar-refractivity contribution < 1.29 is 8.78 Å². The zero-order valence-corrected chi connectivity index (χ0v) is 13.1. The average Bonchev–Trinajstić information content (AvgIpc) is 2.49. The molecule has 0 amide bonds. The second kappa shape index (κ2) is 5.74. The van der Waals surface area contributed by atoms with Gasteiger partial charge < -0.3 is 0 Å². The van der Waals surface area contributed by atoms with E-state index < -0.39 is 17.0 Å². The van der Waals surface area contributed by atoms with Crippen molar-refractivity contribution in [3.8, 4) is 0 Å². The largest absolute Gasteiger partial charge is 0.207 e.